The van der Waals surface area contributed by atoms with Gasteiger partial charge in [-0.05, 0) is 206 Å². The van der Waals surface area contributed by atoms with Crippen molar-refractivity contribution in [3.8, 4) is 0 Å². The van der Waals surface area contributed by atoms with Crippen LogP contribution in [0.4, 0.5) is 22.0 Å². The third kappa shape index (κ3) is 27.4. The van der Waals surface area contributed by atoms with Gasteiger partial charge in [0.2, 0.25) is 0 Å². The minimum atomic E-state index is -0.802. The summed E-state index contributed by atoms with van der Waals surface area (Å²) in [5.74, 6) is 1.25. The van der Waals surface area contributed by atoms with Gasteiger partial charge in [0.05, 0.1) is 39.9 Å². The van der Waals surface area contributed by atoms with Gasteiger partial charge in [-0.15, -0.1) is 35.3 Å². The van der Waals surface area contributed by atoms with E-state index in [1.165, 1.54) is 174 Å². The number of ketones is 5. The molecule has 143 heavy (non-hydrogen) atoms. The number of benzene rings is 6. The molecule has 7 unspecified atom stereocenters. The van der Waals surface area contributed by atoms with Crippen LogP contribution in [-0.4, -0.2) is 116 Å². The minimum absolute atomic E-state index is 0.0546. The van der Waals surface area contributed by atoms with E-state index in [9.17, 15) is 45.9 Å². The summed E-state index contributed by atoms with van der Waals surface area (Å²) >= 11 is 38.3. The quantitative estimate of drug-likeness (QED) is 0.0103. The number of thioether (sulfide) groups is 4. The molecular weight excluding hydrogens is 2000 g/mol. The number of aromatic amines is 1. The van der Waals surface area contributed by atoms with Crippen molar-refractivity contribution in [3.63, 3.8) is 0 Å². The molecule has 7 aliphatic rings. The largest absolute Gasteiger partial charge is 0.364 e. The summed E-state index contributed by atoms with van der Waals surface area (Å²) in [5.41, 5.74) is 12.9. The first-order chi connectivity index (χ1) is 68.9. The van der Waals surface area contributed by atoms with E-state index in [4.69, 9.17) is 78.0 Å². The number of hydrogen-bond donors (Lipinski definition) is 8. The van der Waals surface area contributed by atoms with Gasteiger partial charge in [0.25, 0.3) is 0 Å². The van der Waals surface area contributed by atoms with Gasteiger partial charge in [0, 0.05) is 146 Å². The van der Waals surface area contributed by atoms with Crippen LogP contribution in [0.3, 0.4) is 0 Å². The molecule has 2 aliphatic carbocycles. The Morgan fingerprint density at radius 2 is 0.762 bits per heavy atom. The molecule has 10 heterocycles. The highest BCUT2D eigenvalue weighted by atomic mass is 35.5. The SMILES string of the molecule is CC(=O)C1=C(C)NC(SCc2ccccn2)NC1c1ccc(F)cc1Cl.CC(=O)C1=C(CSC(CC2CCCCC2)=NC2CCCCC2)NC(c2ccccn2)=NC1c1ccc(F)cc1Cl.CC(=O)C1=C(CSC2NC(C)=C(C(C)=O)C(c3ccc(F)cc3Cl)N2)NC(c2ccccn2)=NC1c1ccc(F)cc1Cl.CC(=O)C1=C(CSc2nc3ccccc3[nH]2)NC(c2ccccn2)=NC1c1ccc(F)cc1Cl. The van der Waals surface area contributed by atoms with Crippen LogP contribution in [0, 0.1) is 35.0 Å². The smallest absolute Gasteiger partial charge is 0.166 e. The van der Waals surface area contributed by atoms with E-state index in [0.717, 1.165) is 52.5 Å². The predicted octanol–water partition coefficient (Wildman–Crippen LogP) is 24.3. The third-order valence-corrected chi connectivity index (χ3v) is 30.4. The van der Waals surface area contributed by atoms with E-state index in [0.29, 0.717) is 147 Å². The summed E-state index contributed by atoms with van der Waals surface area (Å²) in [6.45, 7) is 11.2. The molecule has 6 aromatic carbocycles. The maximum Gasteiger partial charge on any atom is 0.166 e. The number of pyridine rings is 4. The highest BCUT2D eigenvalue weighted by molar-refractivity contribution is 8.14. The molecule has 8 N–H and O–H groups in total. The summed E-state index contributed by atoms with van der Waals surface area (Å²) in [5, 5.41) is 26.5. The Bertz CT molecular complexity index is 6840. The first kappa shape index (κ1) is 106. The first-order valence-corrected chi connectivity index (χ1v) is 52.6. The molecule has 2 saturated carbocycles. The van der Waals surface area contributed by atoms with Crippen molar-refractivity contribution in [2.45, 2.75) is 177 Å². The maximum atomic E-state index is 13.9. The summed E-state index contributed by atoms with van der Waals surface area (Å²) in [6, 6.07) is 48.1. The lowest BCUT2D eigenvalue weighted by Crippen LogP contribution is -2.48. The number of imidazole rings is 1. The zero-order valence-corrected chi connectivity index (χ0v) is 86.0. The number of rotatable bonds is 27. The molecule has 36 heteroatoms. The molecule has 5 aromatic heterocycles. The number of aromatic nitrogens is 6. The highest BCUT2D eigenvalue weighted by Gasteiger charge is 2.39. The number of aliphatic imine (C=N–C) groups is 4. The van der Waals surface area contributed by atoms with Crippen molar-refractivity contribution in [1.82, 2.24) is 67.1 Å². The number of nitrogens with zero attached hydrogens (tertiary/aromatic N) is 9. The monoisotopic (exact) mass is 2100 g/mol. The zero-order chi connectivity index (χ0) is 101. The number of carbonyl (C=O) groups excluding carboxylic acids is 5. The number of H-pyrrole nitrogens is 1. The lowest BCUT2D eigenvalue weighted by molar-refractivity contribution is -0.115. The number of para-hydroxylation sites is 2. The summed E-state index contributed by atoms with van der Waals surface area (Å²) in [7, 11) is 0. The van der Waals surface area contributed by atoms with Crippen molar-refractivity contribution in [2.75, 3.05) is 17.3 Å². The van der Waals surface area contributed by atoms with Gasteiger partial charge in [-0.1, -0.05) is 188 Å². The van der Waals surface area contributed by atoms with E-state index in [2.05, 4.69) is 67.1 Å². The third-order valence-electron chi connectivity index (χ3n) is 24.7. The number of amidine groups is 3. The van der Waals surface area contributed by atoms with E-state index in [1.54, 1.807) is 98.6 Å². The molecule has 22 nitrogen and oxygen atoms in total. The van der Waals surface area contributed by atoms with Gasteiger partial charge in [-0.25, -0.2) is 26.9 Å². The maximum absolute atomic E-state index is 13.9. The molecular formula is C107H103Cl5F5N17O5S4. The second kappa shape index (κ2) is 49.9. The molecule has 11 aromatic rings. The second-order valence-electron chi connectivity index (χ2n) is 34.9. The van der Waals surface area contributed by atoms with Gasteiger partial charge < -0.3 is 31.6 Å². The van der Waals surface area contributed by atoms with Crippen LogP contribution in [-0.2, 0) is 29.7 Å². The van der Waals surface area contributed by atoms with Crippen LogP contribution < -0.4 is 37.2 Å². The Hall–Kier alpha value is -11.5. The molecule has 5 aliphatic heterocycles. The molecule has 0 amide bonds. The summed E-state index contributed by atoms with van der Waals surface area (Å²) < 4.78 is 68.9. The lowest BCUT2D eigenvalue weighted by atomic mass is 9.87. The average molecular weight is 2110 g/mol. The van der Waals surface area contributed by atoms with Crippen LogP contribution in [0.2, 0.25) is 25.1 Å². The van der Waals surface area contributed by atoms with Crippen LogP contribution in [0.25, 0.3) is 11.0 Å². The molecule has 740 valence electrons. The van der Waals surface area contributed by atoms with Gasteiger partial charge >= 0.3 is 0 Å². The number of Topliss-reactive ketones (excluding diaryl/α,β-unsaturated/α-hetero) is 5. The van der Waals surface area contributed by atoms with Crippen LogP contribution >= 0.6 is 105 Å². The van der Waals surface area contributed by atoms with Crippen molar-refractivity contribution in [2.24, 2.45) is 25.9 Å². The highest BCUT2D eigenvalue weighted by Crippen LogP contribution is 2.45. The number of carbonyl (C=O) groups is 5. The molecule has 0 bridgehead atoms. The number of allylic oxidation sites excluding steroid dienone is 2. The molecule has 0 radical (unpaired) electrons. The van der Waals surface area contributed by atoms with Gasteiger partial charge in [-0.2, -0.15) is 0 Å². The zero-order valence-electron chi connectivity index (χ0n) is 79.0. The number of fused-ring (bicyclic) bond motifs is 1. The lowest BCUT2D eigenvalue weighted by Gasteiger charge is -2.36. The van der Waals surface area contributed by atoms with E-state index >= 15 is 0 Å². The van der Waals surface area contributed by atoms with Gasteiger partial charge in [0.15, 0.2) is 51.6 Å². The van der Waals surface area contributed by atoms with Crippen molar-refractivity contribution >= 4 is 168 Å². The fraction of sp³-hybridized carbons (Fsp3) is 0.290. The average Bonchev–Trinajstić information content (AvgIpc) is 1.36. The standard InChI is InChI=1S/C32H38ClFN4OS.C31H27Cl2F2N5O2S.C25H19ClFN5OS.C19H19ClFN3OS/c1-21(39)30-28(20-40-29(18-22-10-4-2-5-11-22)36-24-12-6-3-7-13-24)37-32(27-14-8-9-17-35-27)38-31(30)25-16-15-23(34)19-26(25)33;1-15-26(16(2)41)28(20-9-7-18(34)12-22(20)32)40-31(37-15)43-14-25-27(17(3)42)29(21-10-8-19(35)13-23(21)33)39-30(38-25)24-6-4-5-11-36-24;1-14(33)22-21(13-34-25-30-18-6-2-3-7-19(18)31-25)29-24(20-8-4-5-11-28-20)32-23(22)16-10-9-15(27)12-17(16)26;1-11-17(12(2)25)18(15-7-6-13(21)9-16(15)20)24-19(23-11)26-10-14-5-3-4-8-22-14/h8-9,14-17,19,22,24,31H,2-7,10-13,18,20H2,1H3,(H,37,38);4-13,28-29,31,37,40H,14H2,1-3H3,(H,38,39);2-12,23H,13H2,1H3,(H,29,32)(H,30,31);3-9,18-19,23-24H,10H2,1-2H3. The Labute approximate surface area is 868 Å². The Balaban J connectivity index is 0.000000146. The number of halogens is 10. The molecule has 2 fully saturated rings. The topological polar surface area (TPSA) is 299 Å². The van der Waals surface area contributed by atoms with Crippen LogP contribution in [0.5, 0.6) is 0 Å². The van der Waals surface area contributed by atoms with Gasteiger partial charge in [0.1, 0.15) is 75.3 Å². The molecule has 0 saturated heterocycles. The Kier molecular flexibility index (Phi) is 36.9. The van der Waals surface area contributed by atoms with Crippen molar-refractivity contribution in [1.29, 1.82) is 0 Å². The fourth-order valence-electron chi connectivity index (χ4n) is 18.0. The van der Waals surface area contributed by atoms with Crippen LogP contribution in [0.1, 0.15) is 200 Å². The summed E-state index contributed by atoms with van der Waals surface area (Å²) in [4.78, 5) is 109. The number of hydrogen-bond acceptors (Lipinski definition) is 25. The molecule has 18 rings (SSSR count). The Morgan fingerprint density at radius 3 is 1.14 bits per heavy atom. The van der Waals surface area contributed by atoms with E-state index < -0.39 is 64.8 Å². The molecule has 0 spiro atoms. The van der Waals surface area contributed by atoms with Crippen LogP contribution in [0.15, 0.2) is 294 Å². The normalized spacial score (nSPS) is 19.5. The summed E-state index contributed by atoms with van der Waals surface area (Å²) in [6.07, 6.45) is 20.4. The van der Waals surface area contributed by atoms with E-state index in [-0.39, 0.29) is 54.5 Å². The van der Waals surface area contributed by atoms with Gasteiger partial charge in [-0.3, -0.25) is 74.5 Å². The minimum Gasteiger partial charge on any atom is -0.364 e. The fourth-order valence-corrected chi connectivity index (χ4v) is 23.4. The first-order valence-electron chi connectivity index (χ1n) is 46.6. The number of nitrogens with one attached hydrogen (secondary N) is 8. The van der Waals surface area contributed by atoms with Crippen molar-refractivity contribution < 1.29 is 45.9 Å². The predicted molar refractivity (Wildman–Crippen MR) is 565 cm³/mol. The van der Waals surface area contributed by atoms with Crippen molar-refractivity contribution in [3.05, 3.63) is 374 Å². The van der Waals surface area contributed by atoms with E-state index in [1.807, 2.05) is 91.9 Å². The second-order valence-corrected chi connectivity index (χ2v) is 41.1. The molecule has 7 atom stereocenters. The Morgan fingerprint density at radius 1 is 0.399 bits per heavy atom.